The molecule has 1 aromatic rings. The number of carbonyl (C=O) groups is 2. The molecule has 1 amide bonds. The van der Waals surface area contributed by atoms with Crippen LogP contribution in [-0.4, -0.2) is 42.0 Å². The molecule has 1 aromatic heterocycles. The average molecular weight is 310 g/mol. The Bertz CT molecular complexity index is 519. The molecule has 1 aliphatic heterocycles. The van der Waals surface area contributed by atoms with Crippen molar-refractivity contribution in [2.24, 2.45) is 0 Å². The van der Waals surface area contributed by atoms with Gasteiger partial charge < -0.3 is 10.1 Å². The number of methoxy groups -OCH3 is 1. The van der Waals surface area contributed by atoms with E-state index in [1.54, 1.807) is 11.4 Å². The lowest BCUT2D eigenvalue weighted by Crippen LogP contribution is -2.46. The normalized spacial score (nSPS) is 23.8. The molecule has 0 radical (unpaired) electrons. The van der Waals surface area contributed by atoms with E-state index < -0.39 is 5.97 Å². The van der Waals surface area contributed by atoms with Gasteiger partial charge in [-0.25, -0.2) is 4.79 Å². The van der Waals surface area contributed by atoms with Crippen molar-refractivity contribution in [1.29, 1.82) is 0 Å². The lowest BCUT2D eigenvalue weighted by molar-refractivity contribution is -0.121. The lowest BCUT2D eigenvalue weighted by atomic mass is 10.2. The van der Waals surface area contributed by atoms with Crippen molar-refractivity contribution in [3.8, 4) is 0 Å². The fraction of sp³-hybridized carbons (Fsp3) is 0.600. The minimum absolute atomic E-state index is 0.0841. The second-order valence-corrected chi connectivity index (χ2v) is 6.46. The molecule has 0 saturated carbocycles. The molecule has 2 heterocycles. The number of nitrogens with one attached hydrogen (secondary N) is 1. The first-order valence-corrected chi connectivity index (χ1v) is 8.07. The summed E-state index contributed by atoms with van der Waals surface area (Å²) in [5.41, 5.74) is 0.531. The highest BCUT2D eigenvalue weighted by Crippen LogP contribution is 2.28. The maximum Gasteiger partial charge on any atom is 0.350 e. The Morgan fingerprint density at radius 1 is 1.38 bits per heavy atom. The number of nitrogens with zero attached hydrogens (tertiary/aromatic N) is 1. The number of likely N-dealkylation sites (tertiary alicyclic amines) is 1. The summed E-state index contributed by atoms with van der Waals surface area (Å²) >= 11 is 1.27. The summed E-state index contributed by atoms with van der Waals surface area (Å²) in [6.07, 6.45) is 2.23. The number of amides is 1. The SMILES string of the molecule is COC(=O)c1sccc1NC(=O)C(C)N1C(C)CCC1C. The molecule has 1 N–H and O–H groups in total. The van der Waals surface area contributed by atoms with Crippen molar-refractivity contribution >= 4 is 28.9 Å². The molecule has 5 nitrogen and oxygen atoms in total. The number of thiophene rings is 1. The molecule has 1 fully saturated rings. The Morgan fingerprint density at radius 2 is 2.00 bits per heavy atom. The standard InChI is InChI=1S/C15H22N2O3S/c1-9-5-6-10(2)17(9)11(3)14(18)16-12-7-8-21-13(12)15(19)20-4/h7-11H,5-6H2,1-4H3,(H,16,18). The number of hydrogen-bond donors (Lipinski definition) is 1. The molecule has 1 saturated heterocycles. The quantitative estimate of drug-likeness (QED) is 0.869. The van der Waals surface area contributed by atoms with E-state index in [2.05, 4.69) is 24.1 Å². The molecule has 21 heavy (non-hydrogen) atoms. The van der Waals surface area contributed by atoms with E-state index in [0.717, 1.165) is 12.8 Å². The van der Waals surface area contributed by atoms with Gasteiger partial charge in [0.05, 0.1) is 18.8 Å². The van der Waals surface area contributed by atoms with Gasteiger partial charge in [-0.05, 0) is 45.1 Å². The second kappa shape index (κ2) is 6.58. The number of anilines is 1. The van der Waals surface area contributed by atoms with Crippen LogP contribution in [0.1, 0.15) is 43.3 Å². The predicted octanol–water partition coefficient (Wildman–Crippen LogP) is 2.73. The van der Waals surface area contributed by atoms with Crippen LogP contribution in [-0.2, 0) is 9.53 Å². The molecule has 0 bridgehead atoms. The van der Waals surface area contributed by atoms with Crippen LogP contribution in [0.4, 0.5) is 5.69 Å². The summed E-state index contributed by atoms with van der Waals surface area (Å²) in [5.74, 6) is -0.505. The summed E-state index contributed by atoms with van der Waals surface area (Å²) < 4.78 is 4.72. The molecule has 3 atom stereocenters. The fourth-order valence-electron chi connectivity index (χ4n) is 3.01. The van der Waals surface area contributed by atoms with Crippen LogP contribution in [0.15, 0.2) is 11.4 Å². The summed E-state index contributed by atoms with van der Waals surface area (Å²) in [6, 6.07) is 2.33. The van der Waals surface area contributed by atoms with Gasteiger partial charge in [0.25, 0.3) is 0 Å². The highest BCUT2D eigenvalue weighted by molar-refractivity contribution is 7.12. The van der Waals surface area contributed by atoms with Crippen LogP contribution < -0.4 is 5.32 Å². The molecule has 0 aromatic carbocycles. The molecule has 2 rings (SSSR count). The Hall–Kier alpha value is -1.40. The van der Waals surface area contributed by atoms with E-state index in [-0.39, 0.29) is 11.9 Å². The maximum absolute atomic E-state index is 12.5. The monoisotopic (exact) mass is 310 g/mol. The first kappa shape index (κ1) is 16.0. The highest BCUT2D eigenvalue weighted by atomic mass is 32.1. The van der Waals surface area contributed by atoms with Crippen molar-refractivity contribution < 1.29 is 14.3 Å². The van der Waals surface area contributed by atoms with E-state index in [1.165, 1.54) is 18.4 Å². The predicted molar refractivity (Wildman–Crippen MR) is 83.7 cm³/mol. The van der Waals surface area contributed by atoms with Gasteiger partial charge in [-0.15, -0.1) is 11.3 Å². The summed E-state index contributed by atoms with van der Waals surface area (Å²) in [5, 5.41) is 4.62. The largest absolute Gasteiger partial charge is 0.465 e. The van der Waals surface area contributed by atoms with E-state index in [1.807, 2.05) is 6.92 Å². The Morgan fingerprint density at radius 3 is 2.57 bits per heavy atom. The minimum Gasteiger partial charge on any atom is -0.465 e. The van der Waals surface area contributed by atoms with Crippen molar-refractivity contribution in [2.75, 3.05) is 12.4 Å². The zero-order valence-electron chi connectivity index (χ0n) is 12.9. The van der Waals surface area contributed by atoms with Gasteiger partial charge in [0.15, 0.2) is 0 Å². The van der Waals surface area contributed by atoms with Crippen molar-refractivity contribution in [3.05, 3.63) is 16.3 Å². The molecule has 0 spiro atoms. The summed E-state index contributed by atoms with van der Waals surface area (Å²) in [6.45, 7) is 6.22. The van der Waals surface area contributed by atoms with Gasteiger partial charge in [0.1, 0.15) is 4.88 Å². The number of ether oxygens (including phenoxy) is 1. The summed E-state index contributed by atoms with van der Waals surface area (Å²) in [4.78, 5) is 26.8. The minimum atomic E-state index is -0.420. The van der Waals surface area contributed by atoms with E-state index in [4.69, 9.17) is 4.74 Å². The van der Waals surface area contributed by atoms with Crippen molar-refractivity contribution in [2.45, 2.75) is 51.7 Å². The molecular formula is C15H22N2O3S. The van der Waals surface area contributed by atoms with Crippen LogP contribution in [0.2, 0.25) is 0 Å². The first-order valence-electron chi connectivity index (χ1n) is 7.19. The smallest absolute Gasteiger partial charge is 0.350 e. The Labute approximate surface area is 129 Å². The van der Waals surface area contributed by atoms with Crippen LogP contribution in [0.5, 0.6) is 0 Å². The lowest BCUT2D eigenvalue weighted by Gasteiger charge is -2.31. The third-order valence-corrected chi connectivity index (χ3v) is 5.04. The van der Waals surface area contributed by atoms with E-state index >= 15 is 0 Å². The molecule has 3 unspecified atom stereocenters. The van der Waals surface area contributed by atoms with Gasteiger partial charge >= 0.3 is 5.97 Å². The van der Waals surface area contributed by atoms with Crippen LogP contribution in [0, 0.1) is 0 Å². The van der Waals surface area contributed by atoms with Gasteiger partial charge in [0, 0.05) is 12.1 Å². The van der Waals surface area contributed by atoms with Crippen LogP contribution in [0.25, 0.3) is 0 Å². The number of carbonyl (C=O) groups excluding carboxylic acids is 2. The molecule has 1 aliphatic rings. The molecule has 6 heteroatoms. The van der Waals surface area contributed by atoms with Crippen LogP contribution >= 0.6 is 11.3 Å². The number of rotatable bonds is 4. The van der Waals surface area contributed by atoms with Crippen molar-refractivity contribution in [1.82, 2.24) is 4.90 Å². The third-order valence-electron chi connectivity index (χ3n) is 4.14. The molecular weight excluding hydrogens is 288 g/mol. The van der Waals surface area contributed by atoms with Crippen molar-refractivity contribution in [3.63, 3.8) is 0 Å². The van der Waals surface area contributed by atoms with Gasteiger partial charge in [-0.1, -0.05) is 0 Å². The Kier molecular flexibility index (Phi) is 5.00. The van der Waals surface area contributed by atoms with Gasteiger partial charge in [-0.3, -0.25) is 9.69 Å². The van der Waals surface area contributed by atoms with Crippen LogP contribution in [0.3, 0.4) is 0 Å². The molecule has 116 valence electrons. The number of esters is 1. The third kappa shape index (κ3) is 3.27. The summed E-state index contributed by atoms with van der Waals surface area (Å²) in [7, 11) is 1.34. The van der Waals surface area contributed by atoms with Gasteiger partial charge in [-0.2, -0.15) is 0 Å². The second-order valence-electron chi connectivity index (χ2n) is 5.54. The van der Waals surface area contributed by atoms with E-state index in [0.29, 0.717) is 22.6 Å². The highest BCUT2D eigenvalue weighted by Gasteiger charge is 2.34. The zero-order valence-corrected chi connectivity index (χ0v) is 13.7. The Balaban J connectivity index is 2.08. The number of hydrogen-bond acceptors (Lipinski definition) is 5. The topological polar surface area (TPSA) is 58.6 Å². The molecule has 0 aliphatic carbocycles. The average Bonchev–Trinajstić information content (AvgIpc) is 3.04. The first-order chi connectivity index (χ1) is 9.95. The maximum atomic E-state index is 12.5. The fourth-order valence-corrected chi connectivity index (χ4v) is 3.78. The zero-order chi connectivity index (χ0) is 15.6. The van der Waals surface area contributed by atoms with Gasteiger partial charge in [0.2, 0.25) is 5.91 Å². The van der Waals surface area contributed by atoms with E-state index in [9.17, 15) is 9.59 Å².